The Kier molecular flexibility index (Phi) is 5.76. The van der Waals surface area contributed by atoms with Crippen LogP contribution in [-0.4, -0.2) is 26.2 Å². The van der Waals surface area contributed by atoms with Crippen molar-refractivity contribution in [3.63, 3.8) is 0 Å². The van der Waals surface area contributed by atoms with Gasteiger partial charge in [0.2, 0.25) is 5.91 Å². The summed E-state index contributed by atoms with van der Waals surface area (Å²) in [5, 5.41) is 0. The summed E-state index contributed by atoms with van der Waals surface area (Å²) in [7, 11) is 1.65. The molecule has 3 rings (SSSR count). The Morgan fingerprint density at radius 2 is 2.04 bits per heavy atom. The summed E-state index contributed by atoms with van der Waals surface area (Å²) in [4.78, 5) is 15.0. The SMILES string of the molecule is COc1ccc(CN(C(=O)C2CCOC2)c2cc(C)ccc2Br)cc1. The van der Waals surface area contributed by atoms with E-state index in [1.54, 1.807) is 7.11 Å². The highest BCUT2D eigenvalue weighted by molar-refractivity contribution is 9.10. The average Bonchev–Trinajstić information content (AvgIpc) is 3.16. The topological polar surface area (TPSA) is 38.8 Å². The van der Waals surface area contributed by atoms with Gasteiger partial charge in [0.25, 0.3) is 0 Å². The van der Waals surface area contributed by atoms with Gasteiger partial charge in [-0.1, -0.05) is 18.2 Å². The fourth-order valence-corrected chi connectivity index (χ4v) is 3.44. The number of methoxy groups -OCH3 is 1. The van der Waals surface area contributed by atoms with Crippen LogP contribution in [0.5, 0.6) is 5.75 Å². The molecular formula is C20H22BrNO3. The van der Waals surface area contributed by atoms with Crippen LogP contribution in [0.3, 0.4) is 0 Å². The highest BCUT2D eigenvalue weighted by Crippen LogP contribution is 2.31. The Morgan fingerprint density at radius 3 is 2.68 bits per heavy atom. The van der Waals surface area contributed by atoms with Crippen LogP contribution in [0.15, 0.2) is 46.9 Å². The van der Waals surface area contributed by atoms with Crippen LogP contribution in [0, 0.1) is 12.8 Å². The van der Waals surface area contributed by atoms with Crippen molar-refractivity contribution < 1.29 is 14.3 Å². The molecule has 2 aromatic rings. The second-order valence-corrected chi connectivity index (χ2v) is 7.14. The van der Waals surface area contributed by atoms with Gasteiger partial charge in [-0.05, 0) is 64.7 Å². The number of carbonyl (C=O) groups excluding carboxylic acids is 1. The summed E-state index contributed by atoms with van der Waals surface area (Å²) in [6.45, 7) is 3.70. The highest BCUT2D eigenvalue weighted by atomic mass is 79.9. The molecule has 1 fully saturated rings. The van der Waals surface area contributed by atoms with Crippen molar-refractivity contribution in [2.24, 2.45) is 5.92 Å². The summed E-state index contributed by atoms with van der Waals surface area (Å²) in [6.07, 6.45) is 0.779. The number of hydrogen-bond donors (Lipinski definition) is 0. The number of rotatable bonds is 5. The highest BCUT2D eigenvalue weighted by Gasteiger charge is 2.30. The minimum Gasteiger partial charge on any atom is -0.497 e. The molecule has 5 heteroatoms. The van der Waals surface area contributed by atoms with E-state index in [9.17, 15) is 4.79 Å². The van der Waals surface area contributed by atoms with Gasteiger partial charge in [-0.15, -0.1) is 0 Å². The minimum atomic E-state index is -0.0781. The van der Waals surface area contributed by atoms with Crippen molar-refractivity contribution in [3.8, 4) is 5.75 Å². The number of benzene rings is 2. The van der Waals surface area contributed by atoms with Gasteiger partial charge < -0.3 is 14.4 Å². The number of nitrogens with zero attached hydrogens (tertiary/aromatic N) is 1. The maximum atomic E-state index is 13.1. The van der Waals surface area contributed by atoms with Crippen molar-refractivity contribution in [1.29, 1.82) is 0 Å². The first kappa shape index (κ1) is 18.0. The van der Waals surface area contributed by atoms with E-state index in [2.05, 4.69) is 15.9 Å². The smallest absolute Gasteiger partial charge is 0.232 e. The standard InChI is InChI=1S/C20H22BrNO3/c1-14-3-8-18(21)19(11-14)22(20(23)16-9-10-25-13-16)12-15-4-6-17(24-2)7-5-15/h3-8,11,16H,9-10,12-13H2,1-2H3. The lowest BCUT2D eigenvalue weighted by Gasteiger charge is -2.27. The van der Waals surface area contributed by atoms with Crippen molar-refractivity contribution in [3.05, 3.63) is 58.1 Å². The van der Waals surface area contributed by atoms with Gasteiger partial charge in [0.15, 0.2) is 0 Å². The van der Waals surface area contributed by atoms with E-state index in [-0.39, 0.29) is 11.8 Å². The number of amides is 1. The number of anilines is 1. The van der Waals surface area contributed by atoms with E-state index < -0.39 is 0 Å². The number of ether oxygens (including phenoxy) is 2. The lowest BCUT2D eigenvalue weighted by Crippen LogP contribution is -2.36. The lowest BCUT2D eigenvalue weighted by molar-refractivity contribution is -0.122. The zero-order chi connectivity index (χ0) is 17.8. The molecule has 2 aromatic carbocycles. The van der Waals surface area contributed by atoms with E-state index in [1.165, 1.54) is 0 Å². The number of halogens is 1. The Labute approximate surface area is 156 Å². The Bertz CT molecular complexity index is 739. The maximum Gasteiger partial charge on any atom is 0.232 e. The molecule has 1 heterocycles. The molecule has 0 spiro atoms. The molecular weight excluding hydrogens is 382 g/mol. The summed E-state index contributed by atoms with van der Waals surface area (Å²) in [5.74, 6) is 0.841. The van der Waals surface area contributed by atoms with Crippen molar-refractivity contribution in [2.75, 3.05) is 25.2 Å². The predicted octanol–water partition coefficient (Wildman–Crippen LogP) is 4.34. The third-order valence-electron chi connectivity index (χ3n) is 4.44. The molecule has 1 unspecified atom stereocenters. The molecule has 1 aliphatic heterocycles. The second kappa shape index (κ2) is 8.02. The molecule has 0 aliphatic carbocycles. The molecule has 25 heavy (non-hydrogen) atoms. The predicted molar refractivity (Wildman–Crippen MR) is 102 cm³/mol. The van der Waals surface area contributed by atoms with E-state index in [1.807, 2.05) is 54.3 Å². The number of carbonyl (C=O) groups is 1. The van der Waals surface area contributed by atoms with E-state index in [0.29, 0.717) is 19.8 Å². The van der Waals surface area contributed by atoms with Crippen molar-refractivity contribution in [1.82, 2.24) is 0 Å². The third-order valence-corrected chi connectivity index (χ3v) is 5.11. The summed E-state index contributed by atoms with van der Waals surface area (Å²) < 4.78 is 11.6. The van der Waals surface area contributed by atoms with E-state index in [0.717, 1.165) is 33.5 Å². The van der Waals surface area contributed by atoms with E-state index >= 15 is 0 Å². The second-order valence-electron chi connectivity index (χ2n) is 6.29. The molecule has 0 radical (unpaired) electrons. The lowest BCUT2D eigenvalue weighted by atomic mass is 10.1. The van der Waals surface area contributed by atoms with Crippen molar-refractivity contribution >= 4 is 27.5 Å². The minimum absolute atomic E-state index is 0.0781. The van der Waals surface area contributed by atoms with Crippen molar-refractivity contribution in [2.45, 2.75) is 19.9 Å². The quantitative estimate of drug-likeness (QED) is 0.745. The zero-order valence-electron chi connectivity index (χ0n) is 14.5. The summed E-state index contributed by atoms with van der Waals surface area (Å²) in [6, 6.07) is 13.9. The first-order valence-electron chi connectivity index (χ1n) is 8.36. The van der Waals surface area contributed by atoms with Crippen LogP contribution in [0.1, 0.15) is 17.5 Å². The largest absolute Gasteiger partial charge is 0.497 e. The monoisotopic (exact) mass is 403 g/mol. The van der Waals surface area contributed by atoms with Gasteiger partial charge in [-0.2, -0.15) is 0 Å². The van der Waals surface area contributed by atoms with Gasteiger partial charge in [0.1, 0.15) is 5.75 Å². The first-order valence-corrected chi connectivity index (χ1v) is 9.16. The molecule has 0 saturated carbocycles. The molecule has 1 atom stereocenters. The van der Waals surface area contributed by atoms with Gasteiger partial charge in [0, 0.05) is 11.1 Å². The van der Waals surface area contributed by atoms with Gasteiger partial charge >= 0.3 is 0 Å². The molecule has 0 N–H and O–H groups in total. The molecule has 1 aliphatic rings. The van der Waals surface area contributed by atoms with Crippen LogP contribution in [-0.2, 0) is 16.1 Å². The third kappa shape index (κ3) is 4.22. The summed E-state index contributed by atoms with van der Waals surface area (Å²) >= 11 is 3.60. The normalized spacial score (nSPS) is 16.7. The molecule has 0 aromatic heterocycles. The molecule has 0 bridgehead atoms. The Morgan fingerprint density at radius 1 is 1.28 bits per heavy atom. The molecule has 1 saturated heterocycles. The number of aryl methyl sites for hydroxylation is 1. The molecule has 4 nitrogen and oxygen atoms in total. The molecule has 132 valence electrons. The fraction of sp³-hybridized carbons (Fsp3) is 0.350. The Hall–Kier alpha value is -1.85. The molecule has 1 amide bonds. The van der Waals surface area contributed by atoms with Gasteiger partial charge in [0.05, 0.1) is 31.9 Å². The first-order chi connectivity index (χ1) is 12.1. The van der Waals surface area contributed by atoms with E-state index in [4.69, 9.17) is 9.47 Å². The Balaban J connectivity index is 1.92. The zero-order valence-corrected chi connectivity index (χ0v) is 16.1. The van der Waals surface area contributed by atoms with Crippen LogP contribution in [0.4, 0.5) is 5.69 Å². The maximum absolute atomic E-state index is 13.1. The van der Waals surface area contributed by atoms with Crippen LogP contribution < -0.4 is 9.64 Å². The fourth-order valence-electron chi connectivity index (χ4n) is 2.97. The van der Waals surface area contributed by atoms with Gasteiger partial charge in [-0.25, -0.2) is 0 Å². The number of hydrogen-bond acceptors (Lipinski definition) is 3. The van der Waals surface area contributed by atoms with Gasteiger partial charge in [-0.3, -0.25) is 4.79 Å². The average molecular weight is 404 g/mol. The summed E-state index contributed by atoms with van der Waals surface area (Å²) in [5.41, 5.74) is 3.07. The van der Waals surface area contributed by atoms with Crippen LogP contribution in [0.2, 0.25) is 0 Å². The van der Waals surface area contributed by atoms with Crippen LogP contribution in [0.25, 0.3) is 0 Å². The van der Waals surface area contributed by atoms with Crippen LogP contribution >= 0.6 is 15.9 Å².